The SMILES string of the molecule is COC(=O)c1cccc([C@H]2CC(=O)c3ccccc3O2)c1. The van der Waals surface area contributed by atoms with Crippen molar-refractivity contribution < 1.29 is 19.1 Å². The summed E-state index contributed by atoms with van der Waals surface area (Å²) in [4.78, 5) is 23.8. The average molecular weight is 282 g/mol. The van der Waals surface area contributed by atoms with E-state index in [1.807, 2.05) is 18.2 Å². The minimum absolute atomic E-state index is 0.0466. The molecule has 0 N–H and O–H groups in total. The van der Waals surface area contributed by atoms with Crippen LogP contribution in [-0.2, 0) is 4.74 Å². The van der Waals surface area contributed by atoms with E-state index in [0.717, 1.165) is 5.56 Å². The molecule has 0 saturated heterocycles. The van der Waals surface area contributed by atoms with E-state index >= 15 is 0 Å². The Hall–Kier alpha value is -2.62. The Morgan fingerprint density at radius 3 is 2.81 bits per heavy atom. The van der Waals surface area contributed by atoms with Gasteiger partial charge in [0.1, 0.15) is 11.9 Å². The second-order valence-electron chi connectivity index (χ2n) is 4.85. The molecule has 3 rings (SSSR count). The number of methoxy groups -OCH3 is 1. The Morgan fingerprint density at radius 2 is 2.00 bits per heavy atom. The maximum Gasteiger partial charge on any atom is 0.337 e. The molecule has 0 aromatic heterocycles. The van der Waals surface area contributed by atoms with Crippen LogP contribution >= 0.6 is 0 Å². The molecular weight excluding hydrogens is 268 g/mol. The maximum absolute atomic E-state index is 12.2. The molecule has 4 heteroatoms. The number of carbonyl (C=O) groups excluding carboxylic acids is 2. The molecule has 106 valence electrons. The first-order valence-electron chi connectivity index (χ1n) is 6.66. The van der Waals surface area contributed by atoms with Crippen LogP contribution in [0.1, 0.15) is 38.8 Å². The highest BCUT2D eigenvalue weighted by Gasteiger charge is 2.27. The summed E-state index contributed by atoms with van der Waals surface area (Å²) in [5.41, 5.74) is 1.85. The Bertz CT molecular complexity index is 705. The van der Waals surface area contributed by atoms with Gasteiger partial charge in [0.15, 0.2) is 5.78 Å². The number of rotatable bonds is 2. The summed E-state index contributed by atoms with van der Waals surface area (Å²) in [5.74, 6) is 0.229. The molecule has 0 amide bonds. The van der Waals surface area contributed by atoms with Gasteiger partial charge in [-0.15, -0.1) is 0 Å². The standard InChI is InChI=1S/C17H14O4/c1-20-17(19)12-6-4-5-11(9-12)16-10-14(18)13-7-2-3-8-15(13)21-16/h2-9,16H,10H2,1H3/t16-/m1/s1. The first-order valence-corrected chi connectivity index (χ1v) is 6.66. The maximum atomic E-state index is 12.2. The largest absolute Gasteiger partial charge is 0.484 e. The summed E-state index contributed by atoms with van der Waals surface area (Å²) in [6, 6.07) is 14.2. The van der Waals surface area contributed by atoms with Crippen molar-refractivity contribution in [3.8, 4) is 5.75 Å². The highest BCUT2D eigenvalue weighted by Crippen LogP contribution is 2.34. The van der Waals surface area contributed by atoms with Crippen LogP contribution in [0, 0.1) is 0 Å². The van der Waals surface area contributed by atoms with Crippen LogP contribution in [0.3, 0.4) is 0 Å². The third kappa shape index (κ3) is 2.52. The van der Waals surface area contributed by atoms with E-state index in [0.29, 0.717) is 16.9 Å². The minimum atomic E-state index is -0.403. The number of Topliss-reactive ketones (excluding diaryl/α,β-unsaturated/α-hetero) is 1. The van der Waals surface area contributed by atoms with Crippen molar-refractivity contribution in [1.82, 2.24) is 0 Å². The van der Waals surface area contributed by atoms with Crippen LogP contribution in [0.5, 0.6) is 5.75 Å². The second-order valence-corrected chi connectivity index (χ2v) is 4.85. The quantitative estimate of drug-likeness (QED) is 0.794. The van der Waals surface area contributed by atoms with E-state index in [4.69, 9.17) is 9.47 Å². The molecule has 0 spiro atoms. The van der Waals surface area contributed by atoms with E-state index in [2.05, 4.69) is 0 Å². The Morgan fingerprint density at radius 1 is 1.19 bits per heavy atom. The zero-order valence-corrected chi connectivity index (χ0v) is 11.5. The Balaban J connectivity index is 1.93. The zero-order valence-electron chi connectivity index (χ0n) is 11.5. The van der Waals surface area contributed by atoms with Crippen molar-refractivity contribution in [2.75, 3.05) is 7.11 Å². The number of ether oxygens (including phenoxy) is 2. The van der Waals surface area contributed by atoms with E-state index in [1.165, 1.54) is 7.11 Å². The lowest BCUT2D eigenvalue weighted by atomic mass is 9.95. The van der Waals surface area contributed by atoms with Crippen LogP contribution < -0.4 is 4.74 Å². The topological polar surface area (TPSA) is 52.6 Å². The van der Waals surface area contributed by atoms with Gasteiger partial charge in [0.05, 0.1) is 24.7 Å². The van der Waals surface area contributed by atoms with Gasteiger partial charge in [-0.25, -0.2) is 4.79 Å². The van der Waals surface area contributed by atoms with Gasteiger partial charge in [-0.3, -0.25) is 4.79 Å². The molecule has 1 heterocycles. The summed E-state index contributed by atoms with van der Waals surface area (Å²) in [7, 11) is 1.34. The molecule has 1 aliphatic heterocycles. The number of hydrogen-bond donors (Lipinski definition) is 0. The fourth-order valence-electron chi connectivity index (χ4n) is 2.44. The molecular formula is C17H14O4. The normalized spacial score (nSPS) is 16.8. The number of ketones is 1. The summed E-state index contributed by atoms with van der Waals surface area (Å²) in [6.45, 7) is 0. The van der Waals surface area contributed by atoms with Crippen LogP contribution in [-0.4, -0.2) is 18.9 Å². The molecule has 0 bridgehead atoms. The Kier molecular flexibility index (Phi) is 3.44. The van der Waals surface area contributed by atoms with E-state index < -0.39 is 5.97 Å². The molecule has 0 saturated carbocycles. The highest BCUT2D eigenvalue weighted by atomic mass is 16.5. The number of hydrogen-bond acceptors (Lipinski definition) is 4. The number of para-hydroxylation sites is 1. The highest BCUT2D eigenvalue weighted by molar-refractivity contribution is 6.00. The van der Waals surface area contributed by atoms with Crippen molar-refractivity contribution in [3.05, 3.63) is 65.2 Å². The number of esters is 1. The first kappa shape index (κ1) is 13.4. The van der Waals surface area contributed by atoms with Gasteiger partial charge in [0.2, 0.25) is 0 Å². The number of fused-ring (bicyclic) bond motifs is 1. The van der Waals surface area contributed by atoms with Crippen LogP contribution in [0.15, 0.2) is 48.5 Å². The molecule has 0 fully saturated rings. The molecule has 2 aromatic rings. The molecule has 0 unspecified atom stereocenters. The van der Waals surface area contributed by atoms with E-state index in [-0.39, 0.29) is 18.3 Å². The lowest BCUT2D eigenvalue weighted by molar-refractivity contribution is 0.0600. The first-order chi connectivity index (χ1) is 10.2. The molecule has 2 aromatic carbocycles. The lowest BCUT2D eigenvalue weighted by Crippen LogP contribution is -2.20. The van der Waals surface area contributed by atoms with Crippen molar-refractivity contribution in [1.29, 1.82) is 0 Å². The zero-order chi connectivity index (χ0) is 14.8. The van der Waals surface area contributed by atoms with E-state index in [1.54, 1.807) is 30.3 Å². The predicted octanol–water partition coefficient (Wildman–Crippen LogP) is 3.18. The fraction of sp³-hybridized carbons (Fsp3) is 0.176. The summed E-state index contributed by atoms with van der Waals surface area (Å²) >= 11 is 0. The number of carbonyl (C=O) groups is 2. The third-order valence-electron chi connectivity index (χ3n) is 3.51. The van der Waals surface area contributed by atoms with Crippen molar-refractivity contribution in [3.63, 3.8) is 0 Å². The lowest BCUT2D eigenvalue weighted by Gasteiger charge is -2.25. The molecule has 1 aliphatic rings. The molecule has 1 atom stereocenters. The second kappa shape index (κ2) is 5.40. The van der Waals surface area contributed by atoms with Crippen LogP contribution in [0.2, 0.25) is 0 Å². The summed E-state index contributed by atoms with van der Waals surface area (Å²) in [5, 5.41) is 0. The summed E-state index contributed by atoms with van der Waals surface area (Å²) < 4.78 is 10.6. The van der Waals surface area contributed by atoms with E-state index in [9.17, 15) is 9.59 Å². The van der Waals surface area contributed by atoms with Gasteiger partial charge >= 0.3 is 5.97 Å². The van der Waals surface area contributed by atoms with Gasteiger partial charge in [-0.1, -0.05) is 24.3 Å². The smallest absolute Gasteiger partial charge is 0.337 e. The molecule has 0 radical (unpaired) electrons. The number of benzene rings is 2. The average Bonchev–Trinajstić information content (AvgIpc) is 2.54. The van der Waals surface area contributed by atoms with Gasteiger partial charge < -0.3 is 9.47 Å². The van der Waals surface area contributed by atoms with Gasteiger partial charge in [-0.2, -0.15) is 0 Å². The van der Waals surface area contributed by atoms with Crippen LogP contribution in [0.25, 0.3) is 0 Å². The predicted molar refractivity (Wildman–Crippen MR) is 76.5 cm³/mol. The van der Waals surface area contributed by atoms with Gasteiger partial charge in [-0.05, 0) is 29.8 Å². The van der Waals surface area contributed by atoms with Gasteiger partial charge in [0.25, 0.3) is 0 Å². The monoisotopic (exact) mass is 282 g/mol. The fourth-order valence-corrected chi connectivity index (χ4v) is 2.44. The van der Waals surface area contributed by atoms with Gasteiger partial charge in [0, 0.05) is 0 Å². The van der Waals surface area contributed by atoms with Crippen molar-refractivity contribution in [2.24, 2.45) is 0 Å². The minimum Gasteiger partial charge on any atom is -0.484 e. The van der Waals surface area contributed by atoms with Crippen molar-refractivity contribution >= 4 is 11.8 Å². The molecule has 0 aliphatic carbocycles. The summed E-state index contributed by atoms with van der Waals surface area (Å²) in [6.07, 6.45) is -0.112. The van der Waals surface area contributed by atoms with Crippen LogP contribution in [0.4, 0.5) is 0 Å². The Labute approximate surface area is 122 Å². The molecule has 21 heavy (non-hydrogen) atoms. The molecule has 4 nitrogen and oxygen atoms in total. The van der Waals surface area contributed by atoms with Crippen molar-refractivity contribution in [2.45, 2.75) is 12.5 Å². The third-order valence-corrected chi connectivity index (χ3v) is 3.51.